The van der Waals surface area contributed by atoms with Crippen molar-refractivity contribution in [2.24, 2.45) is 0 Å². The van der Waals surface area contributed by atoms with Crippen LogP contribution < -0.4 is 0 Å². The minimum Gasteiger partial charge on any atom is -0.269 e. The van der Waals surface area contributed by atoms with Crippen molar-refractivity contribution in [1.29, 1.82) is 0 Å². The highest BCUT2D eigenvalue weighted by Gasteiger charge is 2.48. The van der Waals surface area contributed by atoms with Crippen LogP contribution in [0.2, 0.25) is 0 Å². The van der Waals surface area contributed by atoms with E-state index in [1.165, 1.54) is 34.6 Å². The van der Waals surface area contributed by atoms with Gasteiger partial charge in [0.05, 0.1) is 44.8 Å². The average Bonchev–Trinajstić information content (AvgIpc) is 3.62. The molecule has 0 bridgehead atoms. The molecule has 272 valence electrons. The zero-order valence-electron chi connectivity index (χ0n) is 26.5. The molecular weight excluding hydrogens is 750 g/mol. The normalized spacial score (nSPS) is 15.1. The van der Waals surface area contributed by atoms with Crippen molar-refractivity contribution in [3.8, 4) is 21.1 Å². The molecule has 0 spiro atoms. The summed E-state index contributed by atoms with van der Waals surface area (Å²) >= 11 is 1.25. The third-order valence-electron chi connectivity index (χ3n) is 7.49. The topological polar surface area (TPSA) is 63.2 Å². The highest BCUT2D eigenvalue weighted by Crippen LogP contribution is 2.46. The summed E-state index contributed by atoms with van der Waals surface area (Å²) in [7, 11) is 0. The Labute approximate surface area is 288 Å². The molecule has 0 aliphatic carbocycles. The number of aryl methyl sites for hydroxylation is 2. The Kier molecular flexibility index (Phi) is 9.06. The summed E-state index contributed by atoms with van der Waals surface area (Å²) in [5.41, 5.74) is -10.4. The van der Waals surface area contributed by atoms with Gasteiger partial charge in [-0.05, 0) is 71.0 Å². The molecule has 3 heterocycles. The number of carbonyl (C=O) groups excluding carboxylic acids is 2. The Morgan fingerprint density at radius 3 is 1.02 bits per heavy atom. The summed E-state index contributed by atoms with van der Waals surface area (Å²) in [4.78, 5) is 37.3. The van der Waals surface area contributed by atoms with Crippen LogP contribution >= 0.6 is 22.7 Å². The molecule has 4 aromatic rings. The van der Waals surface area contributed by atoms with Gasteiger partial charge in [0, 0.05) is 26.4 Å². The second kappa shape index (κ2) is 12.2. The predicted molar refractivity (Wildman–Crippen MR) is 163 cm³/mol. The molecule has 0 unspecified atom stereocenters. The van der Waals surface area contributed by atoms with Crippen molar-refractivity contribution in [3.05, 3.63) is 79.8 Å². The third-order valence-corrected chi connectivity index (χ3v) is 9.53. The minimum atomic E-state index is -5.18. The fourth-order valence-electron chi connectivity index (χ4n) is 5.24. The first-order valence-corrected chi connectivity index (χ1v) is 15.9. The van der Waals surface area contributed by atoms with E-state index >= 15 is 0 Å². The molecule has 0 N–H and O–H groups in total. The van der Waals surface area contributed by atoms with Crippen molar-refractivity contribution < 1.29 is 62.3 Å². The van der Waals surface area contributed by atoms with Crippen molar-refractivity contribution in [2.75, 3.05) is 0 Å². The SMILES string of the molecule is Cc1sc(-c2cc(C(F)(F)F)cc(C(F)(F)F)c2)nc1C1=C(c2nc(-c3cc(C(F)(F)F)cc(C(F)(F)F)c3)sc2C)C(=O)N(C(C)(C)C)C1=O. The van der Waals surface area contributed by atoms with E-state index in [2.05, 4.69) is 9.97 Å². The van der Waals surface area contributed by atoms with E-state index in [0.29, 0.717) is 46.9 Å². The van der Waals surface area contributed by atoms with Gasteiger partial charge < -0.3 is 0 Å². The average molecular weight is 772 g/mol. The first kappa shape index (κ1) is 38.0. The van der Waals surface area contributed by atoms with Crippen LogP contribution in [0.4, 0.5) is 52.7 Å². The monoisotopic (exact) mass is 771 g/mol. The molecule has 0 atom stereocenters. The zero-order chi connectivity index (χ0) is 38.4. The van der Waals surface area contributed by atoms with E-state index in [1.807, 2.05) is 0 Å². The summed E-state index contributed by atoms with van der Waals surface area (Å²) in [6, 6.07) is 1.62. The number of thiazole rings is 2. The van der Waals surface area contributed by atoms with E-state index in [9.17, 15) is 62.3 Å². The number of alkyl halides is 12. The Morgan fingerprint density at radius 2 is 0.784 bits per heavy atom. The molecule has 2 amide bonds. The molecule has 1 aliphatic heterocycles. The maximum atomic E-state index is 14.0. The first-order valence-electron chi connectivity index (χ1n) is 14.3. The van der Waals surface area contributed by atoms with E-state index in [-0.39, 0.29) is 43.3 Å². The molecule has 0 saturated carbocycles. The van der Waals surface area contributed by atoms with E-state index < -0.39 is 86.6 Å². The molecule has 2 aromatic heterocycles. The van der Waals surface area contributed by atoms with Gasteiger partial charge in [0.15, 0.2) is 0 Å². The molecular formula is C32H21F12N3O2S2. The minimum absolute atomic E-state index is 0.0729. The highest BCUT2D eigenvalue weighted by molar-refractivity contribution is 7.15. The van der Waals surface area contributed by atoms with Crippen LogP contribution in [-0.4, -0.2) is 32.2 Å². The highest BCUT2D eigenvalue weighted by atomic mass is 32.1. The Morgan fingerprint density at radius 1 is 0.510 bits per heavy atom. The van der Waals surface area contributed by atoms with Crippen molar-refractivity contribution in [2.45, 2.75) is 64.9 Å². The Hall–Kier alpha value is -4.26. The number of benzene rings is 2. The molecule has 5 nitrogen and oxygen atoms in total. The van der Waals surface area contributed by atoms with Crippen LogP contribution in [0.5, 0.6) is 0 Å². The number of hydrogen-bond acceptors (Lipinski definition) is 6. The summed E-state index contributed by atoms with van der Waals surface area (Å²) in [6.45, 7) is 7.12. The van der Waals surface area contributed by atoms with Gasteiger partial charge in [-0.1, -0.05) is 0 Å². The largest absolute Gasteiger partial charge is 0.416 e. The van der Waals surface area contributed by atoms with Crippen LogP contribution in [0, 0.1) is 13.8 Å². The van der Waals surface area contributed by atoms with Gasteiger partial charge >= 0.3 is 24.7 Å². The van der Waals surface area contributed by atoms with Gasteiger partial charge in [-0.3, -0.25) is 14.5 Å². The molecule has 5 rings (SSSR count). The number of hydrogen-bond donors (Lipinski definition) is 0. The third kappa shape index (κ3) is 7.27. The van der Waals surface area contributed by atoms with E-state index in [4.69, 9.17) is 0 Å². The van der Waals surface area contributed by atoms with E-state index in [1.54, 1.807) is 0 Å². The second-order valence-electron chi connectivity index (χ2n) is 12.3. The lowest BCUT2D eigenvalue weighted by molar-refractivity contribution is -0.144. The van der Waals surface area contributed by atoms with Gasteiger partial charge in [0.25, 0.3) is 11.8 Å². The first-order chi connectivity index (χ1) is 23.1. The van der Waals surface area contributed by atoms with E-state index in [0.717, 1.165) is 4.90 Å². The lowest BCUT2D eigenvalue weighted by Crippen LogP contribution is -2.46. The number of nitrogens with zero attached hydrogens (tertiary/aromatic N) is 3. The smallest absolute Gasteiger partial charge is 0.269 e. The van der Waals surface area contributed by atoms with Crippen LogP contribution in [-0.2, 0) is 34.3 Å². The Bertz CT molecular complexity index is 1900. The van der Waals surface area contributed by atoms with Crippen LogP contribution in [0.3, 0.4) is 0 Å². The van der Waals surface area contributed by atoms with Gasteiger partial charge in [-0.15, -0.1) is 22.7 Å². The molecule has 0 fully saturated rings. The molecule has 1 aliphatic rings. The van der Waals surface area contributed by atoms with Crippen molar-refractivity contribution >= 4 is 45.6 Å². The number of imide groups is 1. The van der Waals surface area contributed by atoms with Gasteiger partial charge in [-0.2, -0.15) is 52.7 Å². The van der Waals surface area contributed by atoms with Crippen molar-refractivity contribution in [1.82, 2.24) is 14.9 Å². The fourth-order valence-corrected chi connectivity index (χ4v) is 7.05. The number of amides is 2. The summed E-state index contributed by atoms with van der Waals surface area (Å²) in [6.07, 6.45) is -20.7. The van der Waals surface area contributed by atoms with Crippen LogP contribution in [0.15, 0.2) is 36.4 Å². The lowest BCUT2D eigenvalue weighted by Gasteiger charge is -2.30. The number of halogens is 12. The van der Waals surface area contributed by atoms with Gasteiger partial charge in [0.1, 0.15) is 10.0 Å². The van der Waals surface area contributed by atoms with Gasteiger partial charge in [0.2, 0.25) is 0 Å². The summed E-state index contributed by atoms with van der Waals surface area (Å²) < 4.78 is 163. The zero-order valence-corrected chi connectivity index (χ0v) is 28.1. The maximum Gasteiger partial charge on any atom is 0.416 e. The maximum absolute atomic E-state index is 14.0. The summed E-state index contributed by atoms with van der Waals surface area (Å²) in [5, 5.41) is -0.750. The molecule has 2 aromatic carbocycles. The quantitative estimate of drug-likeness (QED) is 0.153. The molecule has 19 heteroatoms. The molecule has 0 radical (unpaired) electrons. The second-order valence-corrected chi connectivity index (χ2v) is 14.7. The van der Waals surface area contributed by atoms with Crippen LogP contribution in [0.1, 0.15) is 64.2 Å². The number of carbonyl (C=O) groups is 2. The summed E-state index contributed by atoms with van der Waals surface area (Å²) in [5.74, 6) is -1.95. The number of aromatic nitrogens is 2. The number of rotatable bonds is 4. The fraction of sp³-hybridized carbons (Fsp3) is 0.312. The Balaban J connectivity index is 1.75. The predicted octanol–water partition coefficient (Wildman–Crippen LogP) is 10.7. The molecule has 0 saturated heterocycles. The van der Waals surface area contributed by atoms with Gasteiger partial charge in [-0.25, -0.2) is 9.97 Å². The lowest BCUT2D eigenvalue weighted by atomic mass is 10.0. The van der Waals surface area contributed by atoms with Crippen LogP contribution in [0.25, 0.3) is 32.3 Å². The molecule has 51 heavy (non-hydrogen) atoms. The standard InChI is InChI=1S/C32H21F12N3O2S2/c1-12-22(45-24(50-12)14-6-16(29(33,34)35)10-17(7-14)30(36,37)38)20-21(27(49)47(26(20)48)28(3,4)5)23-13(2)51-25(46-23)15-8-18(31(39,40)41)11-19(9-15)32(42,43)44/h6-11H,1-5H3. The van der Waals surface area contributed by atoms with Crippen molar-refractivity contribution in [3.63, 3.8) is 0 Å².